The minimum Gasteiger partial charge on any atom is -0.476 e. The summed E-state index contributed by atoms with van der Waals surface area (Å²) in [6, 6.07) is 23.8. The molecule has 0 bridgehead atoms. The van der Waals surface area contributed by atoms with Crippen LogP contribution in [-0.2, 0) is 16.0 Å². The maximum atomic E-state index is 13.0. The Kier molecular flexibility index (Phi) is 7.59. The molecule has 2 aliphatic heterocycles. The number of carbonyl (C=O) groups excluding carboxylic acids is 1. The maximum Gasteiger partial charge on any atom is 0.357 e. The Morgan fingerprint density at radius 2 is 1.72 bits per heavy atom. The van der Waals surface area contributed by atoms with E-state index in [4.69, 9.17) is 0 Å². The predicted molar refractivity (Wildman–Crippen MR) is 158 cm³/mol. The molecule has 7 heteroatoms. The average molecular weight is 521 g/mol. The molecule has 0 radical (unpaired) electrons. The molecule has 1 amide bonds. The van der Waals surface area contributed by atoms with Crippen molar-refractivity contribution in [3.8, 4) is 0 Å². The number of amides is 1. The van der Waals surface area contributed by atoms with E-state index in [0.29, 0.717) is 5.69 Å². The Labute approximate surface area is 229 Å². The molecule has 2 aliphatic rings. The summed E-state index contributed by atoms with van der Waals surface area (Å²) in [4.78, 5) is 29.4. The fourth-order valence-electron chi connectivity index (χ4n) is 5.04. The van der Waals surface area contributed by atoms with Crippen LogP contribution in [0.3, 0.4) is 0 Å². The van der Waals surface area contributed by atoms with Crippen LogP contribution in [0, 0.1) is 0 Å². The molecule has 3 aromatic carbocycles. The summed E-state index contributed by atoms with van der Waals surface area (Å²) in [5.41, 5.74) is 5.99. The van der Waals surface area contributed by atoms with Crippen LogP contribution in [0.4, 0.5) is 22.7 Å². The first-order valence-corrected chi connectivity index (χ1v) is 13.3. The molecule has 0 spiro atoms. The highest BCUT2D eigenvalue weighted by Gasteiger charge is 2.34. The zero-order valence-electron chi connectivity index (χ0n) is 22.2. The number of benzene rings is 3. The number of para-hydroxylation sites is 1. The van der Waals surface area contributed by atoms with Crippen LogP contribution in [0.5, 0.6) is 0 Å². The van der Waals surface area contributed by atoms with E-state index in [1.165, 1.54) is 30.2 Å². The minimum absolute atomic E-state index is 0.0482. The maximum absolute atomic E-state index is 13.0. The molecule has 198 valence electrons. The normalized spacial score (nSPS) is 16.4. The van der Waals surface area contributed by atoms with Gasteiger partial charge in [0, 0.05) is 37.2 Å². The van der Waals surface area contributed by atoms with Crippen LogP contribution in [-0.4, -0.2) is 42.8 Å². The van der Waals surface area contributed by atoms with Crippen LogP contribution in [0.2, 0.25) is 0 Å². The third-order valence-corrected chi connectivity index (χ3v) is 7.19. The first-order chi connectivity index (χ1) is 19.0. The van der Waals surface area contributed by atoms with Crippen molar-refractivity contribution < 1.29 is 14.7 Å². The lowest BCUT2D eigenvalue weighted by Crippen LogP contribution is -2.22. The van der Waals surface area contributed by atoms with Crippen LogP contribution >= 0.6 is 0 Å². The summed E-state index contributed by atoms with van der Waals surface area (Å²) in [5, 5.41) is 14.8. The topological polar surface area (TPSA) is 76.4 Å². The molecule has 3 aromatic rings. The van der Waals surface area contributed by atoms with Gasteiger partial charge in [-0.1, -0.05) is 43.3 Å². The average Bonchev–Trinajstić information content (AvgIpc) is 3.62. The molecule has 1 N–H and O–H groups in total. The first kappa shape index (κ1) is 26.0. The van der Waals surface area contributed by atoms with E-state index >= 15 is 0 Å². The minimum atomic E-state index is -1.24. The van der Waals surface area contributed by atoms with Gasteiger partial charge in [0.15, 0.2) is 5.71 Å². The van der Waals surface area contributed by atoms with Crippen molar-refractivity contribution in [1.29, 1.82) is 0 Å². The van der Waals surface area contributed by atoms with Gasteiger partial charge in [-0.3, -0.25) is 4.79 Å². The first-order valence-electron chi connectivity index (χ1n) is 13.3. The Morgan fingerprint density at radius 3 is 2.38 bits per heavy atom. The fourth-order valence-corrected chi connectivity index (χ4v) is 5.04. The molecule has 2 heterocycles. The molecule has 1 saturated heterocycles. The Balaban J connectivity index is 1.34. The summed E-state index contributed by atoms with van der Waals surface area (Å²) in [7, 11) is 2.08. The smallest absolute Gasteiger partial charge is 0.357 e. The van der Waals surface area contributed by atoms with Crippen LogP contribution < -0.4 is 14.8 Å². The molecule has 0 aromatic heterocycles. The van der Waals surface area contributed by atoms with Crippen molar-refractivity contribution in [1.82, 2.24) is 0 Å². The number of carboxylic acid groups (broad SMARTS) is 1. The number of hydrazone groups is 1. The summed E-state index contributed by atoms with van der Waals surface area (Å²) in [6.45, 7) is 4.39. The number of hydrogen-bond acceptors (Lipinski definition) is 5. The second-order valence-electron chi connectivity index (χ2n) is 9.66. The number of allylic oxidation sites excluding steroid dienone is 2. The lowest BCUT2D eigenvalue weighted by molar-refractivity contribution is -0.129. The second kappa shape index (κ2) is 11.4. The van der Waals surface area contributed by atoms with Gasteiger partial charge in [-0.15, -0.1) is 0 Å². The largest absolute Gasteiger partial charge is 0.476 e. The fraction of sp³-hybridized carbons (Fsp3) is 0.219. The van der Waals surface area contributed by atoms with E-state index in [0.717, 1.165) is 41.5 Å². The zero-order chi connectivity index (χ0) is 27.4. The van der Waals surface area contributed by atoms with Crippen molar-refractivity contribution in [3.63, 3.8) is 0 Å². The van der Waals surface area contributed by atoms with Crippen molar-refractivity contribution >= 4 is 46.4 Å². The molecule has 0 saturated carbocycles. The lowest BCUT2D eigenvalue weighted by atomic mass is 10.0. The highest BCUT2D eigenvalue weighted by molar-refractivity contribution is 6.52. The number of nitrogens with zero attached hydrogens (tertiary/aromatic N) is 4. The number of rotatable bonds is 8. The SMILES string of the molecule is CCc1cc(/C=C/C=C2\C(=O)N(c3ccccc3)N=C2C(=O)O)ccc1N(C)c1ccc(N2CCCC2)cc1. The molecule has 5 rings (SSSR count). The molecule has 1 fully saturated rings. The van der Waals surface area contributed by atoms with Gasteiger partial charge in [-0.2, -0.15) is 10.1 Å². The number of aryl methyl sites for hydroxylation is 1. The van der Waals surface area contributed by atoms with Gasteiger partial charge in [0.25, 0.3) is 5.91 Å². The molecular formula is C32H32N4O3. The van der Waals surface area contributed by atoms with Gasteiger partial charge in [0.05, 0.1) is 11.3 Å². The van der Waals surface area contributed by atoms with Gasteiger partial charge >= 0.3 is 5.97 Å². The number of aliphatic carboxylic acids is 1. The number of carbonyl (C=O) groups is 2. The van der Waals surface area contributed by atoms with E-state index in [-0.39, 0.29) is 11.3 Å². The zero-order valence-corrected chi connectivity index (χ0v) is 22.2. The lowest BCUT2D eigenvalue weighted by Gasteiger charge is -2.24. The summed E-state index contributed by atoms with van der Waals surface area (Å²) < 4.78 is 0. The van der Waals surface area contributed by atoms with Gasteiger partial charge in [-0.25, -0.2) is 4.79 Å². The van der Waals surface area contributed by atoms with Crippen LogP contribution in [0.1, 0.15) is 30.9 Å². The summed E-state index contributed by atoms with van der Waals surface area (Å²) in [5.74, 6) is -1.71. The van der Waals surface area contributed by atoms with E-state index in [1.54, 1.807) is 30.3 Å². The Hall–Kier alpha value is -4.65. The molecule has 0 unspecified atom stereocenters. The van der Waals surface area contributed by atoms with Gasteiger partial charge < -0.3 is 14.9 Å². The molecule has 39 heavy (non-hydrogen) atoms. The molecule has 0 atom stereocenters. The Morgan fingerprint density at radius 1 is 1.00 bits per heavy atom. The molecule has 7 nitrogen and oxygen atoms in total. The number of carboxylic acids is 1. The van der Waals surface area contributed by atoms with Crippen LogP contribution in [0.25, 0.3) is 6.08 Å². The number of anilines is 4. The summed E-state index contributed by atoms with van der Waals surface area (Å²) >= 11 is 0. The molecular weight excluding hydrogens is 488 g/mol. The van der Waals surface area contributed by atoms with Crippen molar-refractivity contribution in [3.05, 3.63) is 102 Å². The van der Waals surface area contributed by atoms with Gasteiger partial charge in [0.1, 0.15) is 0 Å². The van der Waals surface area contributed by atoms with E-state index < -0.39 is 11.9 Å². The second-order valence-corrected chi connectivity index (χ2v) is 9.66. The quantitative estimate of drug-likeness (QED) is 0.366. The van der Waals surface area contributed by atoms with Crippen LogP contribution in [0.15, 0.2) is 95.6 Å². The van der Waals surface area contributed by atoms with Crippen molar-refractivity contribution in [2.24, 2.45) is 5.10 Å². The van der Waals surface area contributed by atoms with Gasteiger partial charge in [-0.05, 0) is 85.0 Å². The highest BCUT2D eigenvalue weighted by Crippen LogP contribution is 2.31. The Bertz CT molecular complexity index is 1450. The monoisotopic (exact) mass is 520 g/mol. The van der Waals surface area contributed by atoms with E-state index in [2.05, 4.69) is 65.3 Å². The van der Waals surface area contributed by atoms with Crippen molar-refractivity contribution in [2.45, 2.75) is 26.2 Å². The molecule has 0 aliphatic carbocycles. The third kappa shape index (κ3) is 5.48. The highest BCUT2D eigenvalue weighted by atomic mass is 16.4. The van der Waals surface area contributed by atoms with E-state index in [9.17, 15) is 14.7 Å². The standard InChI is InChI=1S/C32H32N4O3/c1-3-24-22-23(14-19-29(24)34(2)25-15-17-26(18-16-25)35-20-7-8-21-35)10-9-13-28-30(32(38)39)33-36(31(28)37)27-11-5-4-6-12-27/h4-6,9-19,22H,3,7-8,20-21H2,1-2H3,(H,38,39)/b10-9+,28-13-. The van der Waals surface area contributed by atoms with Crippen molar-refractivity contribution in [2.75, 3.05) is 34.9 Å². The number of hydrogen-bond donors (Lipinski definition) is 1. The summed E-state index contributed by atoms with van der Waals surface area (Å²) in [6.07, 6.45) is 8.47. The predicted octanol–water partition coefficient (Wildman–Crippen LogP) is 6.04. The van der Waals surface area contributed by atoms with Gasteiger partial charge in [0.2, 0.25) is 0 Å². The third-order valence-electron chi connectivity index (χ3n) is 7.19. The van der Waals surface area contributed by atoms with E-state index in [1.807, 2.05) is 18.2 Å².